The van der Waals surface area contributed by atoms with Crippen molar-refractivity contribution in [2.24, 2.45) is 0 Å². The number of urea groups is 1. The molecule has 0 atom stereocenters. The highest BCUT2D eigenvalue weighted by Gasteiger charge is 2.05. The number of aryl methyl sites for hydroxylation is 1. The number of nitrogens with one attached hydrogen (secondary N) is 3. The van der Waals surface area contributed by atoms with E-state index in [0.29, 0.717) is 19.7 Å². The van der Waals surface area contributed by atoms with Gasteiger partial charge >= 0.3 is 6.03 Å². The van der Waals surface area contributed by atoms with E-state index in [1.807, 2.05) is 37.4 Å². The molecule has 0 bridgehead atoms. The van der Waals surface area contributed by atoms with Crippen LogP contribution in [0.2, 0.25) is 0 Å². The Balaban J connectivity index is 1.46. The SMILES string of the molecule is CCOc1cccc(CNC(=O)NCCc2c[nH]c3cc(C)ccc23)c1. The highest BCUT2D eigenvalue weighted by molar-refractivity contribution is 5.83. The maximum Gasteiger partial charge on any atom is 0.315 e. The van der Waals surface area contributed by atoms with E-state index in [1.165, 1.54) is 16.5 Å². The van der Waals surface area contributed by atoms with Gasteiger partial charge in [0.2, 0.25) is 0 Å². The lowest BCUT2D eigenvalue weighted by atomic mass is 10.1. The Kier molecular flexibility index (Phi) is 5.79. The molecule has 0 fully saturated rings. The maximum atomic E-state index is 12.0. The lowest BCUT2D eigenvalue weighted by molar-refractivity contribution is 0.240. The first-order chi connectivity index (χ1) is 12.7. The van der Waals surface area contributed by atoms with Crippen LogP contribution in [-0.2, 0) is 13.0 Å². The fraction of sp³-hybridized carbons (Fsp3) is 0.286. The number of amides is 2. The molecule has 0 saturated heterocycles. The highest BCUT2D eigenvalue weighted by Crippen LogP contribution is 2.19. The van der Waals surface area contributed by atoms with Gasteiger partial charge in [0.05, 0.1) is 6.61 Å². The van der Waals surface area contributed by atoms with Crippen LogP contribution in [0.15, 0.2) is 48.7 Å². The normalized spacial score (nSPS) is 10.7. The summed E-state index contributed by atoms with van der Waals surface area (Å²) in [6.45, 7) is 5.72. The van der Waals surface area contributed by atoms with Crippen LogP contribution in [0.25, 0.3) is 10.9 Å². The van der Waals surface area contributed by atoms with Crippen LogP contribution in [0.4, 0.5) is 4.79 Å². The number of hydrogen-bond acceptors (Lipinski definition) is 2. The van der Waals surface area contributed by atoms with Gasteiger partial charge < -0.3 is 20.4 Å². The van der Waals surface area contributed by atoms with Crippen molar-refractivity contribution >= 4 is 16.9 Å². The van der Waals surface area contributed by atoms with Gasteiger partial charge in [0.1, 0.15) is 5.75 Å². The zero-order chi connectivity index (χ0) is 18.4. The summed E-state index contributed by atoms with van der Waals surface area (Å²) in [4.78, 5) is 15.3. The van der Waals surface area contributed by atoms with Gasteiger partial charge in [0.15, 0.2) is 0 Å². The van der Waals surface area contributed by atoms with Crippen molar-refractivity contribution in [3.8, 4) is 5.75 Å². The zero-order valence-electron chi connectivity index (χ0n) is 15.3. The number of benzene rings is 2. The third-order valence-corrected chi connectivity index (χ3v) is 4.27. The Morgan fingerprint density at radius 1 is 1.15 bits per heavy atom. The fourth-order valence-electron chi connectivity index (χ4n) is 2.97. The molecule has 5 heteroatoms. The average molecular weight is 351 g/mol. The van der Waals surface area contributed by atoms with Crippen molar-refractivity contribution in [3.05, 3.63) is 65.4 Å². The predicted octanol–water partition coefficient (Wildman–Crippen LogP) is 3.92. The van der Waals surface area contributed by atoms with Gasteiger partial charge in [-0.1, -0.05) is 24.3 Å². The smallest absolute Gasteiger partial charge is 0.315 e. The molecule has 0 aliphatic rings. The number of H-pyrrole nitrogens is 1. The van der Waals surface area contributed by atoms with E-state index in [4.69, 9.17) is 4.74 Å². The maximum absolute atomic E-state index is 12.0. The second-order valence-electron chi connectivity index (χ2n) is 6.30. The number of fused-ring (bicyclic) bond motifs is 1. The van der Waals surface area contributed by atoms with Crippen molar-refractivity contribution in [1.82, 2.24) is 15.6 Å². The molecule has 2 amide bonds. The third kappa shape index (κ3) is 4.57. The van der Waals surface area contributed by atoms with Gasteiger partial charge in [-0.25, -0.2) is 4.79 Å². The Labute approximate surface area is 153 Å². The number of rotatable bonds is 7. The number of hydrogen-bond donors (Lipinski definition) is 3. The summed E-state index contributed by atoms with van der Waals surface area (Å²) in [6, 6.07) is 14.0. The number of ether oxygens (including phenoxy) is 1. The molecule has 136 valence electrons. The van der Waals surface area contributed by atoms with Crippen molar-refractivity contribution < 1.29 is 9.53 Å². The molecule has 3 N–H and O–H groups in total. The number of aromatic amines is 1. The number of aromatic nitrogens is 1. The van der Waals surface area contributed by atoms with Gasteiger partial charge in [-0.15, -0.1) is 0 Å². The molecule has 3 rings (SSSR count). The predicted molar refractivity (Wildman–Crippen MR) is 105 cm³/mol. The van der Waals surface area contributed by atoms with Crippen LogP contribution < -0.4 is 15.4 Å². The summed E-state index contributed by atoms with van der Waals surface area (Å²) < 4.78 is 5.47. The van der Waals surface area contributed by atoms with Gasteiger partial charge in [-0.2, -0.15) is 0 Å². The standard InChI is InChI=1S/C21H25N3O2/c1-3-26-18-6-4-5-16(12-18)13-24-21(25)22-10-9-17-14-23-20-11-15(2)7-8-19(17)20/h4-8,11-12,14,23H,3,9-10,13H2,1-2H3,(H2,22,24,25). The monoisotopic (exact) mass is 351 g/mol. The quantitative estimate of drug-likeness (QED) is 0.604. The largest absolute Gasteiger partial charge is 0.494 e. The van der Waals surface area contributed by atoms with Gasteiger partial charge in [-0.3, -0.25) is 0 Å². The molecule has 0 radical (unpaired) electrons. The average Bonchev–Trinajstić information content (AvgIpc) is 3.03. The lowest BCUT2D eigenvalue weighted by Crippen LogP contribution is -2.36. The van der Waals surface area contributed by atoms with E-state index in [1.54, 1.807) is 0 Å². The Morgan fingerprint density at radius 2 is 2.04 bits per heavy atom. The van der Waals surface area contributed by atoms with Crippen LogP contribution >= 0.6 is 0 Å². The molecular formula is C21H25N3O2. The number of carbonyl (C=O) groups excluding carboxylic acids is 1. The first-order valence-electron chi connectivity index (χ1n) is 8.95. The molecule has 0 spiro atoms. The van der Waals surface area contributed by atoms with Crippen LogP contribution in [0.3, 0.4) is 0 Å². The number of carbonyl (C=O) groups is 1. The molecule has 0 aliphatic heterocycles. The van der Waals surface area contributed by atoms with Gasteiger partial charge in [0.25, 0.3) is 0 Å². The fourth-order valence-corrected chi connectivity index (χ4v) is 2.97. The molecule has 3 aromatic rings. The molecule has 5 nitrogen and oxygen atoms in total. The van der Waals surface area contributed by atoms with E-state index in [0.717, 1.165) is 23.3 Å². The summed E-state index contributed by atoms with van der Waals surface area (Å²) in [5.41, 5.74) is 4.60. The summed E-state index contributed by atoms with van der Waals surface area (Å²) in [5.74, 6) is 0.821. The van der Waals surface area contributed by atoms with Gasteiger partial charge in [0, 0.05) is 30.2 Å². The van der Waals surface area contributed by atoms with Gasteiger partial charge in [-0.05, 0) is 55.2 Å². The van der Waals surface area contributed by atoms with Crippen LogP contribution in [0.1, 0.15) is 23.6 Å². The molecule has 2 aromatic carbocycles. The topological polar surface area (TPSA) is 66.2 Å². The molecule has 0 aliphatic carbocycles. The first kappa shape index (κ1) is 17.9. The molecule has 0 saturated carbocycles. The lowest BCUT2D eigenvalue weighted by Gasteiger charge is -2.09. The van der Waals surface area contributed by atoms with E-state index >= 15 is 0 Å². The minimum Gasteiger partial charge on any atom is -0.494 e. The molecule has 0 unspecified atom stereocenters. The Bertz CT molecular complexity index is 886. The molecule has 1 heterocycles. The Hall–Kier alpha value is -2.95. The summed E-state index contributed by atoms with van der Waals surface area (Å²) in [7, 11) is 0. The minimum atomic E-state index is -0.164. The van der Waals surface area contributed by atoms with Crippen molar-refractivity contribution in [2.75, 3.05) is 13.2 Å². The van der Waals surface area contributed by atoms with Crippen molar-refractivity contribution in [1.29, 1.82) is 0 Å². The van der Waals surface area contributed by atoms with Crippen molar-refractivity contribution in [3.63, 3.8) is 0 Å². The first-order valence-corrected chi connectivity index (χ1v) is 8.95. The van der Waals surface area contributed by atoms with Crippen LogP contribution in [0, 0.1) is 6.92 Å². The van der Waals surface area contributed by atoms with Crippen LogP contribution in [0.5, 0.6) is 5.75 Å². The summed E-state index contributed by atoms with van der Waals surface area (Å²) in [6.07, 6.45) is 2.80. The Morgan fingerprint density at radius 3 is 2.88 bits per heavy atom. The zero-order valence-corrected chi connectivity index (χ0v) is 15.3. The minimum absolute atomic E-state index is 0.164. The van der Waals surface area contributed by atoms with Crippen molar-refractivity contribution in [2.45, 2.75) is 26.8 Å². The third-order valence-electron chi connectivity index (χ3n) is 4.27. The second-order valence-corrected chi connectivity index (χ2v) is 6.30. The van der Waals surface area contributed by atoms with Crippen LogP contribution in [-0.4, -0.2) is 24.2 Å². The summed E-state index contributed by atoms with van der Waals surface area (Å²) >= 11 is 0. The van der Waals surface area contributed by atoms with E-state index in [2.05, 4.69) is 40.7 Å². The molecular weight excluding hydrogens is 326 g/mol. The van der Waals surface area contributed by atoms with E-state index in [-0.39, 0.29) is 6.03 Å². The molecule has 1 aromatic heterocycles. The molecule has 26 heavy (non-hydrogen) atoms. The second kappa shape index (κ2) is 8.43. The van der Waals surface area contributed by atoms with E-state index < -0.39 is 0 Å². The summed E-state index contributed by atoms with van der Waals surface area (Å²) in [5, 5.41) is 7.00. The highest BCUT2D eigenvalue weighted by atomic mass is 16.5. The van der Waals surface area contributed by atoms with E-state index in [9.17, 15) is 4.79 Å².